The molecule has 0 radical (unpaired) electrons. The molecule has 0 aliphatic carbocycles. The van der Waals surface area contributed by atoms with Crippen LogP contribution in [-0.4, -0.2) is 74.2 Å². The number of benzene rings is 2. The number of aryl methyl sites for hydroxylation is 1. The molecule has 1 aliphatic rings. The third-order valence-corrected chi connectivity index (χ3v) is 7.88. The quantitative estimate of drug-likeness (QED) is 0.171. The number of nitrogens with zero attached hydrogens (tertiary/aromatic N) is 5. The summed E-state index contributed by atoms with van der Waals surface area (Å²) in [5.41, 5.74) is -0.0387. The van der Waals surface area contributed by atoms with Crippen molar-refractivity contribution in [3.63, 3.8) is 0 Å². The van der Waals surface area contributed by atoms with E-state index in [4.69, 9.17) is 4.99 Å². The van der Waals surface area contributed by atoms with Crippen molar-refractivity contribution in [2.45, 2.75) is 24.3 Å². The largest absolute Gasteiger partial charge is 0.507 e. The molecule has 13 heteroatoms. The lowest BCUT2D eigenvalue weighted by molar-refractivity contribution is -0.130. The number of hydrogen-bond acceptors (Lipinski definition) is 7. The molecule has 0 bridgehead atoms. The van der Waals surface area contributed by atoms with Crippen molar-refractivity contribution >= 4 is 40.5 Å². The lowest BCUT2D eigenvalue weighted by Gasteiger charge is -2.41. The zero-order chi connectivity index (χ0) is 31.3. The van der Waals surface area contributed by atoms with Crippen LogP contribution in [0.2, 0.25) is 0 Å². The van der Waals surface area contributed by atoms with Crippen molar-refractivity contribution in [1.29, 1.82) is 5.26 Å². The molecule has 1 aromatic heterocycles. The Kier molecular flexibility index (Phi) is 9.62. The van der Waals surface area contributed by atoms with Gasteiger partial charge in [0.2, 0.25) is 12.3 Å². The number of anilines is 1. The standard InChI is InChI=1S/C30H28F2N6O4S/c1-4-25(41)38-14-13-37(16-19(38)11-12-33)30(36-27-18(2)7-5-10-24(27)43(3)42)20-15-22(32)28(35-29(20)34-17-39)26-21(31)8-6-9-23(26)40/h4-10,15,17,19,40H,1,11,13-14,16H2,2-3H3,(H,34,35,39). The molecule has 43 heavy (non-hydrogen) atoms. The maximum absolute atomic E-state index is 15.8. The maximum atomic E-state index is 15.8. The number of pyridine rings is 1. The molecule has 1 fully saturated rings. The van der Waals surface area contributed by atoms with Gasteiger partial charge in [-0.05, 0) is 42.8 Å². The third-order valence-electron chi connectivity index (χ3n) is 6.94. The van der Waals surface area contributed by atoms with Crippen molar-refractivity contribution in [3.05, 3.63) is 77.9 Å². The molecule has 3 aromatic rings. The fraction of sp³-hybridized carbons (Fsp3) is 0.233. The lowest BCUT2D eigenvalue weighted by Crippen LogP contribution is -2.56. The molecule has 2 unspecified atom stereocenters. The van der Waals surface area contributed by atoms with E-state index in [2.05, 4.69) is 22.9 Å². The first-order valence-electron chi connectivity index (χ1n) is 13.1. The van der Waals surface area contributed by atoms with Gasteiger partial charge in [-0.1, -0.05) is 24.8 Å². The number of hydrogen-bond donors (Lipinski definition) is 2. The number of amides is 2. The Hall–Kier alpha value is -4.96. The highest BCUT2D eigenvalue weighted by molar-refractivity contribution is 7.84. The Morgan fingerprint density at radius 2 is 2.02 bits per heavy atom. The van der Waals surface area contributed by atoms with Crippen molar-refractivity contribution in [2.24, 2.45) is 4.99 Å². The van der Waals surface area contributed by atoms with Gasteiger partial charge >= 0.3 is 0 Å². The Morgan fingerprint density at radius 1 is 1.28 bits per heavy atom. The van der Waals surface area contributed by atoms with Gasteiger partial charge in [-0.2, -0.15) is 5.26 Å². The summed E-state index contributed by atoms with van der Waals surface area (Å²) in [5, 5.41) is 22.2. The molecule has 1 saturated heterocycles. The number of aromatic nitrogens is 1. The highest BCUT2D eigenvalue weighted by Gasteiger charge is 2.33. The molecule has 1 aliphatic heterocycles. The van der Waals surface area contributed by atoms with E-state index in [1.807, 2.05) is 0 Å². The van der Waals surface area contributed by atoms with E-state index in [1.54, 1.807) is 30.0 Å². The van der Waals surface area contributed by atoms with E-state index >= 15 is 4.39 Å². The van der Waals surface area contributed by atoms with E-state index in [-0.39, 0.29) is 49.2 Å². The number of aromatic hydroxyl groups is 1. The van der Waals surface area contributed by atoms with E-state index < -0.39 is 45.5 Å². The first-order chi connectivity index (χ1) is 20.6. The summed E-state index contributed by atoms with van der Waals surface area (Å²) in [6.45, 7) is 5.76. The molecular weight excluding hydrogens is 578 g/mol. The highest BCUT2D eigenvalue weighted by Crippen LogP contribution is 2.36. The maximum Gasteiger partial charge on any atom is 0.246 e. The van der Waals surface area contributed by atoms with Gasteiger partial charge in [-0.25, -0.2) is 18.8 Å². The fourth-order valence-electron chi connectivity index (χ4n) is 4.90. The minimum atomic E-state index is -1.46. The first-order valence-corrected chi connectivity index (χ1v) is 14.6. The van der Waals surface area contributed by atoms with Gasteiger partial charge in [0.1, 0.15) is 28.9 Å². The molecule has 222 valence electrons. The molecule has 2 amide bonds. The number of aliphatic imine (C=N–C) groups is 1. The van der Waals surface area contributed by atoms with E-state index in [0.29, 0.717) is 22.6 Å². The smallest absolute Gasteiger partial charge is 0.246 e. The number of rotatable bonds is 8. The van der Waals surface area contributed by atoms with Crippen LogP contribution in [0.5, 0.6) is 5.75 Å². The van der Waals surface area contributed by atoms with Crippen LogP contribution in [0.4, 0.5) is 20.3 Å². The summed E-state index contributed by atoms with van der Waals surface area (Å²) in [5.74, 6) is -2.94. The lowest BCUT2D eigenvalue weighted by atomic mass is 10.0. The van der Waals surface area contributed by atoms with E-state index in [1.165, 1.54) is 23.3 Å². The molecular formula is C30H28F2N6O4S. The monoisotopic (exact) mass is 606 g/mol. The Labute approximate surface area is 249 Å². The van der Waals surface area contributed by atoms with Crippen LogP contribution in [0.15, 0.2) is 65.0 Å². The highest BCUT2D eigenvalue weighted by atomic mass is 32.2. The summed E-state index contributed by atoms with van der Waals surface area (Å²) in [6, 6.07) is 11.1. The number of amidine groups is 1. The Morgan fingerprint density at radius 3 is 2.67 bits per heavy atom. The van der Waals surface area contributed by atoms with E-state index in [9.17, 15) is 28.6 Å². The molecule has 2 aromatic carbocycles. The van der Waals surface area contributed by atoms with Crippen LogP contribution in [0, 0.1) is 29.9 Å². The number of carbonyl (C=O) groups is 2. The molecule has 2 heterocycles. The number of phenols is 1. The second-order valence-corrected chi connectivity index (χ2v) is 11.0. The average Bonchev–Trinajstić information content (AvgIpc) is 2.97. The second kappa shape index (κ2) is 13.3. The number of halogens is 2. The molecule has 4 rings (SSSR count). The van der Waals surface area contributed by atoms with Crippen LogP contribution in [0.1, 0.15) is 17.5 Å². The number of carbonyl (C=O) groups excluding carboxylic acids is 2. The number of nitrogens with one attached hydrogen (secondary N) is 1. The van der Waals surface area contributed by atoms with Gasteiger partial charge in [0.05, 0.1) is 51.0 Å². The SMILES string of the molecule is C=CC(=O)N1CCN(C(=Nc2c(C)cccc2S(C)=O)c2cc(F)c(-c3c(O)cccc3F)nc2NC=O)CC1CC#N. The minimum Gasteiger partial charge on any atom is -0.507 e. The number of piperazine rings is 1. The Balaban J connectivity index is 1.98. The second-order valence-electron chi connectivity index (χ2n) is 9.62. The van der Waals surface area contributed by atoms with Gasteiger partial charge in [-0.3, -0.25) is 13.8 Å². The number of para-hydroxylation sites is 1. The van der Waals surface area contributed by atoms with Gasteiger partial charge < -0.3 is 20.2 Å². The predicted octanol–water partition coefficient (Wildman–Crippen LogP) is 4.04. The predicted molar refractivity (Wildman–Crippen MR) is 158 cm³/mol. The van der Waals surface area contributed by atoms with Crippen molar-refractivity contribution < 1.29 is 27.7 Å². The topological polar surface area (TPSA) is 139 Å². The minimum absolute atomic E-state index is 0.000489. The van der Waals surface area contributed by atoms with Gasteiger partial charge in [0, 0.05) is 25.9 Å². The van der Waals surface area contributed by atoms with Crippen LogP contribution >= 0.6 is 0 Å². The molecule has 2 atom stereocenters. The van der Waals surface area contributed by atoms with Gasteiger partial charge in [0.15, 0.2) is 5.82 Å². The average molecular weight is 607 g/mol. The molecule has 0 saturated carbocycles. The zero-order valence-electron chi connectivity index (χ0n) is 23.4. The van der Waals surface area contributed by atoms with Crippen molar-refractivity contribution in [2.75, 3.05) is 31.2 Å². The van der Waals surface area contributed by atoms with Gasteiger partial charge in [0.25, 0.3) is 0 Å². The van der Waals surface area contributed by atoms with Crippen molar-refractivity contribution in [3.8, 4) is 23.1 Å². The zero-order valence-corrected chi connectivity index (χ0v) is 24.2. The van der Waals surface area contributed by atoms with Crippen LogP contribution in [0.3, 0.4) is 0 Å². The van der Waals surface area contributed by atoms with Gasteiger partial charge in [-0.15, -0.1) is 0 Å². The summed E-state index contributed by atoms with van der Waals surface area (Å²) < 4.78 is 43.1. The number of phenolic OH excluding ortho intramolecular Hbond substituents is 1. The third kappa shape index (κ3) is 6.44. The molecule has 0 spiro atoms. The van der Waals surface area contributed by atoms with Crippen LogP contribution in [-0.2, 0) is 20.4 Å². The first kappa shape index (κ1) is 31.0. The van der Waals surface area contributed by atoms with Crippen LogP contribution in [0.25, 0.3) is 11.3 Å². The summed E-state index contributed by atoms with van der Waals surface area (Å²) in [4.78, 5) is 36.9. The van der Waals surface area contributed by atoms with Crippen LogP contribution < -0.4 is 5.32 Å². The summed E-state index contributed by atoms with van der Waals surface area (Å²) in [7, 11) is -1.46. The molecule has 2 N–H and O–H groups in total. The normalized spacial score (nSPS) is 15.9. The number of nitriles is 1. The molecule has 10 nitrogen and oxygen atoms in total. The Bertz CT molecular complexity index is 1670. The fourth-order valence-corrected chi connectivity index (χ4v) is 5.65. The van der Waals surface area contributed by atoms with E-state index in [0.717, 1.165) is 18.2 Å². The van der Waals surface area contributed by atoms with Crippen molar-refractivity contribution in [1.82, 2.24) is 14.8 Å². The summed E-state index contributed by atoms with van der Waals surface area (Å²) in [6.07, 6.45) is 2.95. The summed E-state index contributed by atoms with van der Waals surface area (Å²) >= 11 is 0.